The largest absolute Gasteiger partial charge is 0.507 e. The standard InChI is InChI=1S/C22H28N2O5/c1-21(2,3)14-7-12(8-15(18(14)27)22(4,5)6)11-23-24-20(29)13-9-16(25)19(28)17(26)10-13/h7-11,25-28H,1-6H3,(H,24,29). The van der Waals surface area contributed by atoms with Crippen LogP contribution in [0.2, 0.25) is 0 Å². The molecule has 0 spiro atoms. The number of carbonyl (C=O) groups is 1. The Kier molecular flexibility index (Phi) is 5.83. The SMILES string of the molecule is CC(C)(C)c1cc(C=NNC(=O)c2cc(O)c(O)c(O)c2)cc(C(C)(C)C)c1O. The summed E-state index contributed by atoms with van der Waals surface area (Å²) in [5.74, 6) is -2.33. The number of rotatable bonds is 3. The first-order chi connectivity index (χ1) is 13.2. The van der Waals surface area contributed by atoms with Crippen LogP contribution in [0.25, 0.3) is 0 Å². The number of hydrogen-bond donors (Lipinski definition) is 5. The molecule has 7 nitrogen and oxygen atoms in total. The van der Waals surface area contributed by atoms with Gasteiger partial charge in [0.1, 0.15) is 5.75 Å². The van der Waals surface area contributed by atoms with Gasteiger partial charge in [0.15, 0.2) is 17.2 Å². The van der Waals surface area contributed by atoms with Gasteiger partial charge in [0.05, 0.1) is 6.21 Å². The van der Waals surface area contributed by atoms with Gasteiger partial charge in [-0.2, -0.15) is 5.10 Å². The van der Waals surface area contributed by atoms with E-state index in [-0.39, 0.29) is 22.1 Å². The van der Waals surface area contributed by atoms with E-state index >= 15 is 0 Å². The molecule has 0 radical (unpaired) electrons. The number of hydrogen-bond acceptors (Lipinski definition) is 6. The van der Waals surface area contributed by atoms with Crippen LogP contribution < -0.4 is 5.43 Å². The monoisotopic (exact) mass is 400 g/mol. The van der Waals surface area contributed by atoms with Gasteiger partial charge in [-0.15, -0.1) is 0 Å². The quantitative estimate of drug-likeness (QED) is 0.304. The topological polar surface area (TPSA) is 122 Å². The zero-order chi connectivity index (χ0) is 22.1. The second-order valence-electron chi connectivity index (χ2n) is 9.03. The molecular formula is C22H28N2O5. The van der Waals surface area contributed by atoms with Crippen molar-refractivity contribution in [2.75, 3.05) is 0 Å². The molecule has 0 bridgehead atoms. The smallest absolute Gasteiger partial charge is 0.271 e. The molecular weight excluding hydrogens is 372 g/mol. The van der Waals surface area contributed by atoms with Gasteiger partial charge in [-0.25, -0.2) is 5.43 Å². The van der Waals surface area contributed by atoms with Crippen LogP contribution >= 0.6 is 0 Å². The molecule has 0 aliphatic carbocycles. The minimum Gasteiger partial charge on any atom is -0.507 e. The summed E-state index contributed by atoms with van der Waals surface area (Å²) in [6, 6.07) is 5.68. The van der Waals surface area contributed by atoms with Crippen molar-refractivity contribution in [1.82, 2.24) is 5.43 Å². The summed E-state index contributed by atoms with van der Waals surface area (Å²) in [6.07, 6.45) is 1.46. The van der Waals surface area contributed by atoms with E-state index in [2.05, 4.69) is 10.5 Å². The lowest BCUT2D eigenvalue weighted by Crippen LogP contribution is -2.19. The van der Waals surface area contributed by atoms with Crippen LogP contribution in [0, 0.1) is 0 Å². The first-order valence-corrected chi connectivity index (χ1v) is 9.18. The summed E-state index contributed by atoms with van der Waals surface area (Å²) in [6.45, 7) is 12.0. The van der Waals surface area contributed by atoms with Gasteiger partial charge in [0.2, 0.25) is 0 Å². The normalized spacial score (nSPS) is 12.3. The minimum atomic E-state index is -0.696. The van der Waals surface area contributed by atoms with Crippen molar-refractivity contribution in [2.24, 2.45) is 5.10 Å². The van der Waals surface area contributed by atoms with E-state index in [1.165, 1.54) is 6.21 Å². The molecule has 2 aromatic rings. The minimum absolute atomic E-state index is 0.0635. The number of aromatic hydroxyl groups is 4. The van der Waals surface area contributed by atoms with Crippen molar-refractivity contribution < 1.29 is 25.2 Å². The van der Waals surface area contributed by atoms with E-state index < -0.39 is 23.2 Å². The van der Waals surface area contributed by atoms with Gasteiger partial charge in [-0.05, 0) is 40.7 Å². The van der Waals surface area contributed by atoms with Crippen LogP contribution in [0.3, 0.4) is 0 Å². The molecule has 2 aromatic carbocycles. The lowest BCUT2D eigenvalue weighted by atomic mass is 9.78. The van der Waals surface area contributed by atoms with Crippen molar-refractivity contribution >= 4 is 12.1 Å². The molecule has 0 aliphatic rings. The Labute approximate surface area is 170 Å². The van der Waals surface area contributed by atoms with Crippen molar-refractivity contribution in [3.8, 4) is 23.0 Å². The van der Waals surface area contributed by atoms with Crippen molar-refractivity contribution in [1.29, 1.82) is 0 Å². The average Bonchev–Trinajstić information content (AvgIpc) is 2.58. The predicted molar refractivity (Wildman–Crippen MR) is 112 cm³/mol. The molecule has 0 fully saturated rings. The Morgan fingerprint density at radius 3 is 1.69 bits per heavy atom. The van der Waals surface area contributed by atoms with Gasteiger partial charge < -0.3 is 20.4 Å². The van der Waals surface area contributed by atoms with Crippen LogP contribution in [0.15, 0.2) is 29.4 Å². The number of nitrogens with one attached hydrogen (secondary N) is 1. The predicted octanol–water partition coefficient (Wildman–Crippen LogP) is 3.87. The van der Waals surface area contributed by atoms with Crippen LogP contribution in [0.4, 0.5) is 0 Å². The van der Waals surface area contributed by atoms with E-state index in [9.17, 15) is 25.2 Å². The molecule has 7 heteroatoms. The summed E-state index contributed by atoms with van der Waals surface area (Å²) >= 11 is 0. The fourth-order valence-electron chi connectivity index (χ4n) is 2.84. The van der Waals surface area contributed by atoms with E-state index in [1.54, 1.807) is 0 Å². The van der Waals surface area contributed by atoms with Crippen LogP contribution in [0.5, 0.6) is 23.0 Å². The third-order valence-corrected chi connectivity index (χ3v) is 4.46. The molecule has 0 atom stereocenters. The van der Waals surface area contributed by atoms with Crippen LogP contribution in [-0.2, 0) is 10.8 Å². The Morgan fingerprint density at radius 1 is 0.828 bits per heavy atom. The average molecular weight is 400 g/mol. The highest BCUT2D eigenvalue weighted by atomic mass is 16.3. The Hall–Kier alpha value is -3.22. The van der Waals surface area contributed by atoms with Crippen molar-refractivity contribution in [2.45, 2.75) is 52.4 Å². The number of amides is 1. The zero-order valence-corrected chi connectivity index (χ0v) is 17.5. The fourth-order valence-corrected chi connectivity index (χ4v) is 2.84. The van der Waals surface area contributed by atoms with Gasteiger partial charge >= 0.3 is 0 Å². The molecule has 29 heavy (non-hydrogen) atoms. The molecule has 0 saturated carbocycles. The summed E-state index contributed by atoms with van der Waals surface area (Å²) in [4.78, 5) is 12.2. The summed E-state index contributed by atoms with van der Waals surface area (Å²) in [5, 5.41) is 43.1. The van der Waals surface area contributed by atoms with Crippen LogP contribution in [-0.4, -0.2) is 32.5 Å². The number of hydrazone groups is 1. The molecule has 156 valence electrons. The molecule has 0 saturated heterocycles. The number of benzene rings is 2. The number of nitrogens with zero attached hydrogens (tertiary/aromatic N) is 1. The van der Waals surface area contributed by atoms with Gasteiger partial charge in [-0.3, -0.25) is 4.79 Å². The summed E-state index contributed by atoms with van der Waals surface area (Å²) < 4.78 is 0. The highest BCUT2D eigenvalue weighted by molar-refractivity contribution is 5.96. The zero-order valence-electron chi connectivity index (χ0n) is 17.5. The first-order valence-electron chi connectivity index (χ1n) is 9.18. The lowest BCUT2D eigenvalue weighted by molar-refractivity contribution is 0.0954. The highest BCUT2D eigenvalue weighted by Gasteiger charge is 2.26. The molecule has 2 rings (SSSR count). The van der Waals surface area contributed by atoms with Gasteiger partial charge in [0, 0.05) is 16.7 Å². The molecule has 0 unspecified atom stereocenters. The maximum Gasteiger partial charge on any atom is 0.271 e. The van der Waals surface area contributed by atoms with Gasteiger partial charge in [0.25, 0.3) is 5.91 Å². The maximum absolute atomic E-state index is 12.2. The van der Waals surface area contributed by atoms with E-state index in [4.69, 9.17) is 0 Å². The third kappa shape index (κ3) is 4.99. The molecule has 0 heterocycles. The Bertz CT molecular complexity index is 908. The summed E-state index contributed by atoms with van der Waals surface area (Å²) in [5.41, 5.74) is 3.91. The number of carbonyl (C=O) groups excluding carboxylic acids is 1. The van der Waals surface area contributed by atoms with E-state index in [0.717, 1.165) is 23.3 Å². The van der Waals surface area contributed by atoms with Gasteiger partial charge in [-0.1, -0.05) is 41.5 Å². The van der Waals surface area contributed by atoms with E-state index in [0.29, 0.717) is 5.56 Å². The highest BCUT2D eigenvalue weighted by Crippen LogP contribution is 2.39. The molecule has 1 amide bonds. The number of phenols is 4. The maximum atomic E-state index is 12.2. The van der Waals surface area contributed by atoms with E-state index in [1.807, 2.05) is 53.7 Å². The summed E-state index contributed by atoms with van der Waals surface area (Å²) in [7, 11) is 0. The lowest BCUT2D eigenvalue weighted by Gasteiger charge is -2.27. The Balaban J connectivity index is 2.34. The number of phenolic OH excluding ortho intramolecular Hbond substituents is 4. The Morgan fingerprint density at radius 2 is 1.28 bits per heavy atom. The molecule has 5 N–H and O–H groups in total. The second-order valence-corrected chi connectivity index (χ2v) is 9.03. The third-order valence-electron chi connectivity index (χ3n) is 4.46. The van der Waals surface area contributed by atoms with Crippen molar-refractivity contribution in [3.05, 3.63) is 46.5 Å². The fraction of sp³-hybridized carbons (Fsp3) is 0.364. The first kappa shape index (κ1) is 22.1. The molecule has 0 aromatic heterocycles. The molecule has 0 aliphatic heterocycles. The van der Waals surface area contributed by atoms with Crippen LogP contribution in [0.1, 0.15) is 68.6 Å². The van der Waals surface area contributed by atoms with Crippen molar-refractivity contribution in [3.63, 3.8) is 0 Å². The second kappa shape index (κ2) is 7.66.